The molecule has 0 aliphatic heterocycles. The van der Waals surface area contributed by atoms with Gasteiger partial charge in [0.25, 0.3) is 0 Å². The normalized spacial score (nSPS) is 10.9. The predicted molar refractivity (Wildman–Crippen MR) is 111 cm³/mol. The summed E-state index contributed by atoms with van der Waals surface area (Å²) in [5.74, 6) is -2.43. The van der Waals surface area contributed by atoms with Gasteiger partial charge in [-0.1, -0.05) is 13.8 Å². The van der Waals surface area contributed by atoms with Gasteiger partial charge in [0, 0.05) is 5.69 Å². The summed E-state index contributed by atoms with van der Waals surface area (Å²) in [5, 5.41) is 22.0. The first-order chi connectivity index (χ1) is 14.2. The predicted octanol–water partition coefficient (Wildman–Crippen LogP) is 3.95. The first-order valence-electron chi connectivity index (χ1n) is 8.97. The molecule has 9 nitrogen and oxygen atoms in total. The van der Waals surface area contributed by atoms with Gasteiger partial charge in [0.05, 0.1) is 23.1 Å². The standard InChI is InChI=1S/C20H19N3O6S/c1-9(2)7-29-20(28)15-10(3)14-16(21-8-22-17(14)30-15)23-13-5-11(18(24)25)4-12(6-13)19(26)27/h4-6,8-9H,7H2,1-3H3,(H,24,25)(H,26,27)(H,21,22,23). The molecular weight excluding hydrogens is 410 g/mol. The topological polar surface area (TPSA) is 139 Å². The van der Waals surface area contributed by atoms with Crippen LogP contribution in [0.25, 0.3) is 10.2 Å². The molecule has 0 aliphatic carbocycles. The van der Waals surface area contributed by atoms with Gasteiger partial charge in [0.15, 0.2) is 0 Å². The van der Waals surface area contributed by atoms with Crippen molar-refractivity contribution >= 4 is 51.0 Å². The smallest absolute Gasteiger partial charge is 0.348 e. The Kier molecular flexibility index (Phi) is 5.97. The van der Waals surface area contributed by atoms with Crippen molar-refractivity contribution in [1.29, 1.82) is 0 Å². The number of benzene rings is 1. The molecule has 0 radical (unpaired) electrons. The second kappa shape index (κ2) is 8.46. The van der Waals surface area contributed by atoms with E-state index in [2.05, 4.69) is 15.3 Å². The summed E-state index contributed by atoms with van der Waals surface area (Å²) in [6, 6.07) is 3.69. The van der Waals surface area contributed by atoms with Crippen molar-refractivity contribution < 1.29 is 29.3 Å². The van der Waals surface area contributed by atoms with Crippen LogP contribution in [0.5, 0.6) is 0 Å². The molecule has 0 fully saturated rings. The van der Waals surface area contributed by atoms with Crippen molar-refractivity contribution in [3.8, 4) is 0 Å². The molecule has 0 saturated carbocycles. The lowest BCUT2D eigenvalue weighted by Gasteiger charge is -2.10. The van der Waals surface area contributed by atoms with Crippen LogP contribution in [-0.4, -0.2) is 44.7 Å². The Morgan fingerprint density at radius 1 is 1.10 bits per heavy atom. The highest BCUT2D eigenvalue weighted by Crippen LogP contribution is 2.35. The van der Waals surface area contributed by atoms with Gasteiger partial charge >= 0.3 is 17.9 Å². The molecule has 0 atom stereocenters. The zero-order valence-electron chi connectivity index (χ0n) is 16.4. The molecule has 2 aromatic heterocycles. The number of rotatable bonds is 7. The molecule has 3 N–H and O–H groups in total. The number of carboxylic acid groups (broad SMARTS) is 2. The van der Waals surface area contributed by atoms with E-state index < -0.39 is 17.9 Å². The third-order valence-corrected chi connectivity index (χ3v) is 5.33. The van der Waals surface area contributed by atoms with E-state index in [-0.39, 0.29) is 22.7 Å². The molecular formula is C20H19N3O6S. The summed E-state index contributed by atoms with van der Waals surface area (Å²) in [5.41, 5.74) is 0.506. The van der Waals surface area contributed by atoms with E-state index in [1.54, 1.807) is 6.92 Å². The molecule has 2 heterocycles. The van der Waals surface area contributed by atoms with Crippen LogP contribution in [0.2, 0.25) is 0 Å². The third kappa shape index (κ3) is 4.38. The van der Waals surface area contributed by atoms with Gasteiger partial charge in [-0.15, -0.1) is 11.3 Å². The number of aryl methyl sites for hydroxylation is 1. The number of carboxylic acids is 2. The van der Waals surface area contributed by atoms with Gasteiger partial charge < -0.3 is 20.3 Å². The van der Waals surface area contributed by atoms with Crippen molar-refractivity contribution in [1.82, 2.24) is 9.97 Å². The fourth-order valence-electron chi connectivity index (χ4n) is 2.75. The van der Waals surface area contributed by atoms with Gasteiger partial charge in [0.1, 0.15) is 21.9 Å². The Morgan fingerprint density at radius 3 is 2.30 bits per heavy atom. The minimum Gasteiger partial charge on any atom is -0.478 e. The zero-order chi connectivity index (χ0) is 22.0. The average Bonchev–Trinajstić information content (AvgIpc) is 3.03. The molecule has 0 spiro atoms. The molecule has 1 aromatic carbocycles. The van der Waals surface area contributed by atoms with E-state index in [1.165, 1.54) is 29.8 Å². The van der Waals surface area contributed by atoms with Crippen molar-refractivity contribution in [2.24, 2.45) is 5.92 Å². The monoisotopic (exact) mass is 429 g/mol. The number of carbonyl (C=O) groups is 3. The number of aromatic carboxylic acids is 2. The van der Waals surface area contributed by atoms with E-state index in [4.69, 9.17) is 4.74 Å². The fraction of sp³-hybridized carbons (Fsp3) is 0.250. The fourth-order valence-corrected chi connectivity index (χ4v) is 3.79. The first kappa shape index (κ1) is 21.2. The number of carbonyl (C=O) groups excluding carboxylic acids is 1. The Balaban J connectivity index is 2.02. The third-order valence-electron chi connectivity index (χ3n) is 4.15. The second-order valence-corrected chi connectivity index (χ2v) is 7.98. The summed E-state index contributed by atoms with van der Waals surface area (Å²) < 4.78 is 5.31. The SMILES string of the molecule is Cc1c(C(=O)OCC(C)C)sc2ncnc(Nc3cc(C(=O)O)cc(C(=O)O)c3)c12. The molecule has 3 aromatic rings. The highest BCUT2D eigenvalue weighted by molar-refractivity contribution is 7.20. The van der Waals surface area contributed by atoms with Crippen LogP contribution >= 0.6 is 11.3 Å². The van der Waals surface area contributed by atoms with Crippen LogP contribution < -0.4 is 5.32 Å². The molecule has 3 rings (SSSR count). The number of nitrogens with one attached hydrogen (secondary N) is 1. The minimum atomic E-state index is -1.25. The quantitative estimate of drug-likeness (QED) is 0.476. The summed E-state index contributed by atoms with van der Waals surface area (Å²) in [4.78, 5) is 44.5. The molecule has 0 unspecified atom stereocenters. The number of ether oxygens (including phenoxy) is 1. The highest BCUT2D eigenvalue weighted by Gasteiger charge is 2.21. The zero-order valence-corrected chi connectivity index (χ0v) is 17.2. The molecule has 0 aliphatic rings. The van der Waals surface area contributed by atoms with E-state index >= 15 is 0 Å². The Hall–Kier alpha value is -3.53. The van der Waals surface area contributed by atoms with Gasteiger partial charge in [0.2, 0.25) is 0 Å². The van der Waals surface area contributed by atoms with Gasteiger partial charge in [-0.2, -0.15) is 0 Å². The van der Waals surface area contributed by atoms with Gasteiger partial charge in [-0.25, -0.2) is 24.4 Å². The highest BCUT2D eigenvalue weighted by atomic mass is 32.1. The summed E-state index contributed by atoms with van der Waals surface area (Å²) in [6.45, 7) is 5.92. The van der Waals surface area contributed by atoms with Crippen molar-refractivity contribution in [3.05, 3.63) is 46.1 Å². The van der Waals surface area contributed by atoms with Crippen molar-refractivity contribution in [2.75, 3.05) is 11.9 Å². The average molecular weight is 429 g/mol. The minimum absolute atomic E-state index is 0.178. The van der Waals surface area contributed by atoms with E-state index in [1.807, 2.05) is 13.8 Å². The first-order valence-corrected chi connectivity index (χ1v) is 9.79. The maximum atomic E-state index is 12.4. The number of hydrogen-bond donors (Lipinski definition) is 3. The van der Waals surface area contributed by atoms with Crippen LogP contribution in [0.4, 0.5) is 11.5 Å². The number of fused-ring (bicyclic) bond motifs is 1. The lowest BCUT2D eigenvalue weighted by molar-refractivity contribution is 0.0463. The summed E-state index contributed by atoms with van der Waals surface area (Å²) in [6.07, 6.45) is 1.31. The number of thiophene rings is 1. The van der Waals surface area contributed by atoms with Gasteiger partial charge in [-0.05, 0) is 36.6 Å². The number of nitrogens with zero attached hydrogens (tertiary/aromatic N) is 2. The molecule has 0 bridgehead atoms. The number of anilines is 2. The van der Waals surface area contributed by atoms with Crippen molar-refractivity contribution in [2.45, 2.75) is 20.8 Å². The summed E-state index contributed by atoms with van der Waals surface area (Å²) >= 11 is 1.17. The number of hydrogen-bond acceptors (Lipinski definition) is 8. The Labute approximate surface area is 175 Å². The molecule has 0 amide bonds. The summed E-state index contributed by atoms with van der Waals surface area (Å²) in [7, 11) is 0. The van der Waals surface area contributed by atoms with E-state index in [0.29, 0.717) is 33.1 Å². The van der Waals surface area contributed by atoms with Crippen LogP contribution in [0.15, 0.2) is 24.5 Å². The Bertz CT molecular complexity index is 1120. The molecule has 30 heavy (non-hydrogen) atoms. The van der Waals surface area contributed by atoms with Crippen LogP contribution in [0, 0.1) is 12.8 Å². The second-order valence-electron chi connectivity index (χ2n) is 6.99. The van der Waals surface area contributed by atoms with Crippen LogP contribution in [0.1, 0.15) is 49.8 Å². The Morgan fingerprint density at radius 2 is 1.73 bits per heavy atom. The van der Waals surface area contributed by atoms with Crippen LogP contribution in [0.3, 0.4) is 0 Å². The number of esters is 1. The van der Waals surface area contributed by atoms with E-state index in [9.17, 15) is 24.6 Å². The number of aromatic nitrogens is 2. The van der Waals surface area contributed by atoms with Crippen molar-refractivity contribution in [3.63, 3.8) is 0 Å². The maximum Gasteiger partial charge on any atom is 0.348 e. The lowest BCUT2D eigenvalue weighted by atomic mass is 10.1. The molecule has 0 saturated heterocycles. The van der Waals surface area contributed by atoms with E-state index in [0.717, 1.165) is 6.07 Å². The maximum absolute atomic E-state index is 12.4. The molecule has 156 valence electrons. The largest absolute Gasteiger partial charge is 0.478 e. The molecule has 10 heteroatoms. The van der Waals surface area contributed by atoms with Crippen LogP contribution in [-0.2, 0) is 4.74 Å². The van der Waals surface area contributed by atoms with Gasteiger partial charge in [-0.3, -0.25) is 0 Å². The lowest BCUT2D eigenvalue weighted by Crippen LogP contribution is -2.09.